The van der Waals surface area contributed by atoms with Crippen LogP contribution in [-0.4, -0.2) is 39.3 Å². The Bertz CT molecular complexity index is 430. The molecule has 0 bridgehead atoms. The molecule has 0 aliphatic heterocycles. The van der Waals surface area contributed by atoms with E-state index >= 15 is 0 Å². The van der Waals surface area contributed by atoms with Crippen molar-refractivity contribution in [3.63, 3.8) is 0 Å². The maximum Gasteiger partial charge on any atom is 0.190 e. The highest BCUT2D eigenvalue weighted by molar-refractivity contribution is 14.0. The molecule has 0 amide bonds. The molecule has 0 fully saturated rings. The molecule has 0 aliphatic rings. The Morgan fingerprint density at radius 1 is 1.18 bits per heavy atom. The highest BCUT2D eigenvalue weighted by Crippen LogP contribution is 2.14. The molecule has 1 aromatic carbocycles. The lowest BCUT2D eigenvalue weighted by Crippen LogP contribution is -2.38. The van der Waals surface area contributed by atoms with Crippen LogP contribution in [0.3, 0.4) is 0 Å². The van der Waals surface area contributed by atoms with E-state index in [4.69, 9.17) is 16.3 Å². The molecule has 0 unspecified atom stereocenters. The zero-order chi connectivity index (χ0) is 15.3. The van der Waals surface area contributed by atoms with Crippen molar-refractivity contribution in [2.45, 2.75) is 26.2 Å². The minimum absolute atomic E-state index is 0. The predicted octanol–water partition coefficient (Wildman–Crippen LogP) is 3.48. The Morgan fingerprint density at radius 3 is 2.59 bits per heavy atom. The lowest BCUT2D eigenvalue weighted by Gasteiger charge is -2.12. The van der Waals surface area contributed by atoms with Gasteiger partial charge in [-0.1, -0.05) is 29.8 Å². The molecule has 1 aromatic rings. The van der Waals surface area contributed by atoms with E-state index in [2.05, 4.69) is 15.6 Å². The second-order valence-corrected chi connectivity index (χ2v) is 5.08. The number of halogens is 2. The summed E-state index contributed by atoms with van der Waals surface area (Å²) in [5.41, 5.74) is 1.15. The molecule has 0 spiro atoms. The SMILES string of the molecule is CCOCCCCNC(=NC)NCCc1ccccc1Cl.I. The maximum atomic E-state index is 6.13. The van der Waals surface area contributed by atoms with Crippen LogP contribution in [0.25, 0.3) is 0 Å². The third kappa shape index (κ3) is 9.48. The summed E-state index contributed by atoms with van der Waals surface area (Å²) < 4.78 is 5.31. The predicted molar refractivity (Wildman–Crippen MR) is 106 cm³/mol. The average Bonchev–Trinajstić information content (AvgIpc) is 2.50. The van der Waals surface area contributed by atoms with E-state index in [1.807, 2.05) is 31.2 Å². The van der Waals surface area contributed by atoms with E-state index < -0.39 is 0 Å². The summed E-state index contributed by atoms with van der Waals surface area (Å²) >= 11 is 6.13. The van der Waals surface area contributed by atoms with Crippen molar-refractivity contribution in [2.75, 3.05) is 33.4 Å². The third-order valence-corrected chi connectivity index (χ3v) is 3.45. The Hall–Kier alpha value is -0.530. The van der Waals surface area contributed by atoms with E-state index in [-0.39, 0.29) is 24.0 Å². The molecule has 1 rings (SSSR count). The van der Waals surface area contributed by atoms with Crippen molar-refractivity contribution in [3.8, 4) is 0 Å². The zero-order valence-corrected chi connectivity index (χ0v) is 16.5. The molecule has 0 saturated heterocycles. The van der Waals surface area contributed by atoms with Gasteiger partial charge in [-0.05, 0) is 37.8 Å². The van der Waals surface area contributed by atoms with Gasteiger partial charge in [-0.15, -0.1) is 24.0 Å². The number of hydrogen-bond acceptors (Lipinski definition) is 2. The van der Waals surface area contributed by atoms with Gasteiger partial charge in [0, 0.05) is 38.4 Å². The standard InChI is InChI=1S/C16H26ClN3O.HI/c1-3-21-13-7-6-11-19-16(18-2)20-12-10-14-8-4-5-9-15(14)17;/h4-5,8-9H,3,6-7,10-13H2,1-2H3,(H2,18,19,20);1H. The molecule has 0 aliphatic carbocycles. The number of guanidine groups is 1. The quantitative estimate of drug-likeness (QED) is 0.268. The van der Waals surface area contributed by atoms with Crippen LogP contribution in [0.5, 0.6) is 0 Å². The number of aliphatic imine (C=N–C) groups is 1. The maximum absolute atomic E-state index is 6.13. The van der Waals surface area contributed by atoms with Crippen LogP contribution >= 0.6 is 35.6 Å². The molecule has 4 nitrogen and oxygen atoms in total. The number of rotatable bonds is 9. The summed E-state index contributed by atoms with van der Waals surface area (Å²) in [5, 5.41) is 7.41. The van der Waals surface area contributed by atoms with Gasteiger partial charge in [0.25, 0.3) is 0 Å². The van der Waals surface area contributed by atoms with Gasteiger partial charge in [0.2, 0.25) is 0 Å². The highest BCUT2D eigenvalue weighted by Gasteiger charge is 2.00. The first-order chi connectivity index (χ1) is 10.3. The number of ether oxygens (including phenoxy) is 1. The van der Waals surface area contributed by atoms with Gasteiger partial charge in [-0.3, -0.25) is 4.99 Å². The molecule has 0 radical (unpaired) electrons. The Kier molecular flexibility index (Phi) is 13.7. The van der Waals surface area contributed by atoms with Gasteiger partial charge in [-0.25, -0.2) is 0 Å². The van der Waals surface area contributed by atoms with Gasteiger partial charge < -0.3 is 15.4 Å². The van der Waals surface area contributed by atoms with E-state index in [9.17, 15) is 0 Å². The molecule has 0 heterocycles. The Balaban J connectivity index is 0.00000441. The van der Waals surface area contributed by atoms with Crippen LogP contribution in [0.4, 0.5) is 0 Å². The third-order valence-electron chi connectivity index (χ3n) is 3.08. The summed E-state index contributed by atoms with van der Waals surface area (Å²) in [5.74, 6) is 0.832. The van der Waals surface area contributed by atoms with Crippen LogP contribution < -0.4 is 10.6 Å². The fourth-order valence-corrected chi connectivity index (χ4v) is 2.15. The van der Waals surface area contributed by atoms with Gasteiger partial charge in [0.15, 0.2) is 5.96 Å². The Morgan fingerprint density at radius 2 is 1.91 bits per heavy atom. The monoisotopic (exact) mass is 439 g/mol. The van der Waals surface area contributed by atoms with Gasteiger partial charge in [0.05, 0.1) is 0 Å². The molecule has 0 saturated carbocycles. The zero-order valence-electron chi connectivity index (χ0n) is 13.4. The second-order valence-electron chi connectivity index (χ2n) is 4.67. The lowest BCUT2D eigenvalue weighted by molar-refractivity contribution is 0.143. The normalized spacial score (nSPS) is 11.0. The van der Waals surface area contributed by atoms with Crippen molar-refractivity contribution in [2.24, 2.45) is 4.99 Å². The molecular weight excluding hydrogens is 413 g/mol. The van der Waals surface area contributed by atoms with E-state index in [0.717, 1.165) is 62.1 Å². The minimum atomic E-state index is 0. The van der Waals surface area contributed by atoms with E-state index in [1.165, 1.54) is 0 Å². The molecule has 22 heavy (non-hydrogen) atoms. The first kappa shape index (κ1) is 21.5. The number of unbranched alkanes of at least 4 members (excludes halogenated alkanes) is 1. The number of hydrogen-bond donors (Lipinski definition) is 2. The summed E-state index contributed by atoms with van der Waals surface area (Å²) in [6, 6.07) is 7.92. The van der Waals surface area contributed by atoms with E-state index in [1.54, 1.807) is 7.05 Å². The van der Waals surface area contributed by atoms with Crippen LogP contribution in [0.15, 0.2) is 29.3 Å². The van der Waals surface area contributed by atoms with Crippen LogP contribution in [0.1, 0.15) is 25.3 Å². The van der Waals surface area contributed by atoms with Crippen LogP contribution in [0, 0.1) is 0 Å². The Labute approximate surface area is 156 Å². The number of benzene rings is 1. The topological polar surface area (TPSA) is 45.6 Å². The minimum Gasteiger partial charge on any atom is -0.382 e. The van der Waals surface area contributed by atoms with Crippen molar-refractivity contribution >= 4 is 41.5 Å². The van der Waals surface area contributed by atoms with Crippen LogP contribution in [-0.2, 0) is 11.2 Å². The van der Waals surface area contributed by atoms with Gasteiger partial charge >= 0.3 is 0 Å². The van der Waals surface area contributed by atoms with E-state index in [0.29, 0.717) is 0 Å². The fraction of sp³-hybridized carbons (Fsp3) is 0.562. The largest absolute Gasteiger partial charge is 0.382 e. The molecule has 0 atom stereocenters. The van der Waals surface area contributed by atoms with Crippen LogP contribution in [0.2, 0.25) is 5.02 Å². The molecule has 126 valence electrons. The average molecular weight is 440 g/mol. The second kappa shape index (κ2) is 14.1. The molecule has 2 N–H and O–H groups in total. The molecule has 6 heteroatoms. The first-order valence-corrected chi connectivity index (χ1v) is 7.91. The number of nitrogens with zero attached hydrogens (tertiary/aromatic N) is 1. The highest BCUT2D eigenvalue weighted by atomic mass is 127. The summed E-state index contributed by atoms with van der Waals surface area (Å²) in [4.78, 5) is 4.21. The summed E-state index contributed by atoms with van der Waals surface area (Å²) in [7, 11) is 1.78. The van der Waals surface area contributed by atoms with Gasteiger partial charge in [-0.2, -0.15) is 0 Å². The fourth-order valence-electron chi connectivity index (χ4n) is 1.92. The number of nitrogens with one attached hydrogen (secondary N) is 2. The van der Waals surface area contributed by atoms with Gasteiger partial charge in [0.1, 0.15) is 0 Å². The molecule has 0 aromatic heterocycles. The lowest BCUT2D eigenvalue weighted by atomic mass is 10.1. The van der Waals surface area contributed by atoms with Crippen molar-refractivity contribution < 1.29 is 4.74 Å². The molecular formula is C16H27ClIN3O. The summed E-state index contributed by atoms with van der Waals surface area (Å²) in [6.45, 7) is 5.35. The summed E-state index contributed by atoms with van der Waals surface area (Å²) in [6.07, 6.45) is 3.02. The van der Waals surface area contributed by atoms with Crippen molar-refractivity contribution in [3.05, 3.63) is 34.9 Å². The smallest absolute Gasteiger partial charge is 0.190 e. The van der Waals surface area contributed by atoms with Crippen molar-refractivity contribution in [1.29, 1.82) is 0 Å². The first-order valence-electron chi connectivity index (χ1n) is 7.53. The van der Waals surface area contributed by atoms with Crippen molar-refractivity contribution in [1.82, 2.24) is 10.6 Å².